The lowest BCUT2D eigenvalue weighted by Gasteiger charge is -2.16. The molecule has 0 bridgehead atoms. The van der Waals surface area contributed by atoms with Crippen molar-refractivity contribution in [3.63, 3.8) is 0 Å². The zero-order valence-electron chi connectivity index (χ0n) is 12.5. The van der Waals surface area contributed by atoms with Crippen LogP contribution < -0.4 is 0 Å². The van der Waals surface area contributed by atoms with E-state index in [0.29, 0.717) is 24.6 Å². The molecule has 3 rings (SSSR count). The second kappa shape index (κ2) is 5.20. The van der Waals surface area contributed by atoms with Crippen LogP contribution in [0.3, 0.4) is 0 Å². The van der Waals surface area contributed by atoms with E-state index in [0.717, 1.165) is 21.9 Å². The summed E-state index contributed by atoms with van der Waals surface area (Å²) in [4.78, 5) is 18.6. The van der Waals surface area contributed by atoms with Gasteiger partial charge >= 0.3 is 0 Å². The van der Waals surface area contributed by atoms with E-state index in [-0.39, 0.29) is 5.91 Å². The third-order valence-corrected chi connectivity index (χ3v) is 3.72. The Hall–Kier alpha value is -2.36. The van der Waals surface area contributed by atoms with Crippen LogP contribution in [0.1, 0.15) is 30.0 Å². The molecule has 2 heterocycles. The van der Waals surface area contributed by atoms with Crippen LogP contribution in [-0.4, -0.2) is 28.9 Å². The van der Waals surface area contributed by atoms with Gasteiger partial charge in [0.2, 0.25) is 5.71 Å². The zero-order valence-corrected chi connectivity index (χ0v) is 12.5. The van der Waals surface area contributed by atoms with Crippen LogP contribution in [0, 0.1) is 6.92 Å². The molecule has 4 nitrogen and oxygen atoms in total. The molecule has 0 unspecified atom stereocenters. The van der Waals surface area contributed by atoms with Gasteiger partial charge in [-0.3, -0.25) is 4.79 Å². The van der Waals surface area contributed by atoms with Crippen LogP contribution in [0.4, 0.5) is 0 Å². The Balaban J connectivity index is 2.11. The summed E-state index contributed by atoms with van der Waals surface area (Å²) in [7, 11) is 0. The highest BCUT2D eigenvalue weighted by Gasteiger charge is 2.18. The SMILES string of the molecule is CCN(CC)C(=O)c1cc2cc3ccc(C)cc3nc2o1. The molecule has 1 amide bonds. The monoisotopic (exact) mass is 282 g/mol. The minimum absolute atomic E-state index is 0.0850. The summed E-state index contributed by atoms with van der Waals surface area (Å²) < 4.78 is 5.66. The fraction of sp³-hybridized carbons (Fsp3) is 0.294. The summed E-state index contributed by atoms with van der Waals surface area (Å²) in [5, 5.41) is 1.91. The maximum atomic E-state index is 12.3. The van der Waals surface area contributed by atoms with Gasteiger partial charge in [0.15, 0.2) is 5.76 Å². The van der Waals surface area contributed by atoms with Crippen LogP contribution in [0.2, 0.25) is 0 Å². The first kappa shape index (κ1) is 13.6. The van der Waals surface area contributed by atoms with E-state index in [1.54, 1.807) is 11.0 Å². The normalized spacial score (nSPS) is 11.2. The smallest absolute Gasteiger partial charge is 0.289 e. The standard InChI is InChI=1S/C17H18N2O2/c1-4-19(5-2)17(20)15-10-13-9-12-7-6-11(3)8-14(12)18-16(13)21-15/h6-10H,4-5H2,1-3H3. The molecule has 0 saturated heterocycles. The summed E-state index contributed by atoms with van der Waals surface area (Å²) in [6.07, 6.45) is 0. The number of pyridine rings is 1. The van der Waals surface area contributed by atoms with Gasteiger partial charge in [0.25, 0.3) is 5.91 Å². The van der Waals surface area contributed by atoms with Crippen molar-refractivity contribution in [2.45, 2.75) is 20.8 Å². The number of aromatic nitrogens is 1. The number of aryl methyl sites for hydroxylation is 1. The highest BCUT2D eigenvalue weighted by molar-refractivity contribution is 5.98. The van der Waals surface area contributed by atoms with Gasteiger partial charge < -0.3 is 9.32 Å². The van der Waals surface area contributed by atoms with Gasteiger partial charge in [0, 0.05) is 23.9 Å². The summed E-state index contributed by atoms with van der Waals surface area (Å²) in [6.45, 7) is 7.28. The quantitative estimate of drug-likeness (QED) is 0.734. The largest absolute Gasteiger partial charge is 0.433 e. The van der Waals surface area contributed by atoms with Crippen LogP contribution in [0.25, 0.3) is 22.0 Å². The average molecular weight is 282 g/mol. The molecular weight excluding hydrogens is 264 g/mol. The molecule has 3 aromatic rings. The Morgan fingerprint density at radius 1 is 1.14 bits per heavy atom. The van der Waals surface area contributed by atoms with Gasteiger partial charge in [0.1, 0.15) is 0 Å². The molecule has 0 aliphatic rings. The van der Waals surface area contributed by atoms with Crippen molar-refractivity contribution in [1.29, 1.82) is 0 Å². The van der Waals surface area contributed by atoms with Crippen molar-refractivity contribution in [3.05, 3.63) is 41.7 Å². The average Bonchev–Trinajstić information content (AvgIpc) is 2.88. The fourth-order valence-electron chi connectivity index (χ4n) is 2.51. The zero-order chi connectivity index (χ0) is 15.0. The molecule has 0 aliphatic carbocycles. The van der Waals surface area contributed by atoms with Gasteiger partial charge in [-0.2, -0.15) is 0 Å². The predicted octanol–water partition coefficient (Wildman–Crippen LogP) is 3.77. The topological polar surface area (TPSA) is 46.3 Å². The Kier molecular flexibility index (Phi) is 3.37. The summed E-state index contributed by atoms with van der Waals surface area (Å²) >= 11 is 0. The minimum atomic E-state index is -0.0850. The third kappa shape index (κ3) is 2.37. The summed E-state index contributed by atoms with van der Waals surface area (Å²) in [6, 6.07) is 9.90. The Labute approximate surface area is 123 Å². The van der Waals surface area contributed by atoms with E-state index >= 15 is 0 Å². The van der Waals surface area contributed by atoms with Crippen LogP contribution in [0.5, 0.6) is 0 Å². The van der Waals surface area contributed by atoms with E-state index in [1.807, 2.05) is 39.0 Å². The molecule has 0 fully saturated rings. The number of rotatable bonds is 3. The van der Waals surface area contributed by atoms with Gasteiger partial charge in [-0.1, -0.05) is 12.1 Å². The lowest BCUT2D eigenvalue weighted by molar-refractivity contribution is 0.0743. The van der Waals surface area contributed by atoms with Crippen molar-refractivity contribution in [3.8, 4) is 0 Å². The van der Waals surface area contributed by atoms with E-state index in [2.05, 4.69) is 11.1 Å². The molecular formula is C17H18N2O2. The van der Waals surface area contributed by atoms with E-state index < -0.39 is 0 Å². The first-order valence-corrected chi connectivity index (χ1v) is 7.22. The minimum Gasteiger partial charge on any atom is -0.433 e. The van der Waals surface area contributed by atoms with Crippen molar-refractivity contribution >= 4 is 27.9 Å². The summed E-state index contributed by atoms with van der Waals surface area (Å²) in [5.41, 5.74) is 2.56. The number of carbonyl (C=O) groups excluding carboxylic acids is 1. The maximum absolute atomic E-state index is 12.3. The molecule has 0 radical (unpaired) electrons. The predicted molar refractivity (Wildman–Crippen MR) is 83.5 cm³/mol. The first-order valence-electron chi connectivity index (χ1n) is 7.22. The number of hydrogen-bond donors (Lipinski definition) is 0. The molecule has 0 aliphatic heterocycles. The molecule has 0 N–H and O–H groups in total. The lowest BCUT2D eigenvalue weighted by Crippen LogP contribution is -2.30. The highest BCUT2D eigenvalue weighted by Crippen LogP contribution is 2.24. The van der Waals surface area contributed by atoms with E-state index in [4.69, 9.17) is 4.42 Å². The number of nitrogens with zero attached hydrogens (tertiary/aromatic N) is 2. The molecule has 21 heavy (non-hydrogen) atoms. The fourth-order valence-corrected chi connectivity index (χ4v) is 2.51. The Morgan fingerprint density at radius 2 is 1.90 bits per heavy atom. The van der Waals surface area contributed by atoms with Crippen molar-refractivity contribution in [2.75, 3.05) is 13.1 Å². The molecule has 0 saturated carbocycles. The number of fused-ring (bicyclic) bond motifs is 2. The van der Waals surface area contributed by atoms with Gasteiger partial charge in [-0.05, 0) is 44.5 Å². The second-order valence-electron chi connectivity index (χ2n) is 5.17. The molecule has 108 valence electrons. The lowest BCUT2D eigenvalue weighted by atomic mass is 10.1. The number of amides is 1. The molecule has 2 aromatic heterocycles. The van der Waals surface area contributed by atoms with Crippen LogP contribution in [0.15, 0.2) is 34.7 Å². The van der Waals surface area contributed by atoms with E-state index in [9.17, 15) is 4.79 Å². The first-order chi connectivity index (χ1) is 10.1. The second-order valence-corrected chi connectivity index (χ2v) is 5.17. The Bertz CT molecular complexity index is 816. The maximum Gasteiger partial charge on any atom is 0.289 e. The number of furan rings is 1. The van der Waals surface area contributed by atoms with Gasteiger partial charge in [0.05, 0.1) is 5.52 Å². The summed E-state index contributed by atoms with van der Waals surface area (Å²) in [5.74, 6) is 0.270. The molecule has 0 spiro atoms. The molecule has 1 aromatic carbocycles. The van der Waals surface area contributed by atoms with Crippen molar-refractivity contribution in [1.82, 2.24) is 9.88 Å². The van der Waals surface area contributed by atoms with Crippen molar-refractivity contribution in [2.24, 2.45) is 0 Å². The number of carbonyl (C=O) groups is 1. The number of hydrogen-bond acceptors (Lipinski definition) is 3. The highest BCUT2D eigenvalue weighted by atomic mass is 16.4. The molecule has 4 heteroatoms. The van der Waals surface area contributed by atoms with Gasteiger partial charge in [-0.25, -0.2) is 4.98 Å². The number of benzene rings is 1. The van der Waals surface area contributed by atoms with Crippen LogP contribution >= 0.6 is 0 Å². The van der Waals surface area contributed by atoms with Crippen molar-refractivity contribution < 1.29 is 9.21 Å². The van der Waals surface area contributed by atoms with E-state index in [1.165, 1.54) is 0 Å². The third-order valence-electron chi connectivity index (χ3n) is 3.72. The van der Waals surface area contributed by atoms with Crippen LogP contribution in [-0.2, 0) is 0 Å². The molecule has 0 atom stereocenters. The Morgan fingerprint density at radius 3 is 2.62 bits per heavy atom. The van der Waals surface area contributed by atoms with Gasteiger partial charge in [-0.15, -0.1) is 0 Å².